The molecule has 2 aromatic carbocycles. The highest BCUT2D eigenvalue weighted by atomic mass is 19.1. The molecule has 1 aliphatic carbocycles. The predicted molar refractivity (Wildman–Crippen MR) is 119 cm³/mol. The fourth-order valence-corrected chi connectivity index (χ4v) is 3.68. The van der Waals surface area contributed by atoms with Crippen molar-refractivity contribution in [1.29, 1.82) is 0 Å². The van der Waals surface area contributed by atoms with Crippen molar-refractivity contribution < 1.29 is 14.0 Å². The average molecular weight is 427 g/mol. The molecule has 0 aliphatic heterocycles. The standard InChI is InChI=1S/C24H31FN4O2/c1-26-23(30)20-12-9-16(14-21(20)25)13-19(29(2)3)15-27-24(31)28-22(18-10-11-18)17-7-5-4-6-8-17/h4-9,12,14,18-19,22H,10-11,13,15H2,1-3H3,(H,26,30)(H2,27,28,31)/t19?,22-/m1/s1. The quantitative estimate of drug-likeness (QED) is 0.577. The average Bonchev–Trinajstić information content (AvgIpc) is 3.60. The van der Waals surface area contributed by atoms with Gasteiger partial charge in [-0.2, -0.15) is 0 Å². The molecule has 1 aliphatic rings. The summed E-state index contributed by atoms with van der Waals surface area (Å²) in [4.78, 5) is 26.3. The summed E-state index contributed by atoms with van der Waals surface area (Å²) in [6.45, 7) is 0.420. The lowest BCUT2D eigenvalue weighted by atomic mass is 10.0. The summed E-state index contributed by atoms with van der Waals surface area (Å²) in [6, 6.07) is 14.5. The van der Waals surface area contributed by atoms with Crippen LogP contribution in [0.5, 0.6) is 0 Å². The van der Waals surface area contributed by atoms with Gasteiger partial charge in [0, 0.05) is 19.6 Å². The molecular weight excluding hydrogens is 395 g/mol. The van der Waals surface area contributed by atoms with E-state index in [4.69, 9.17) is 0 Å². The van der Waals surface area contributed by atoms with Crippen molar-refractivity contribution in [2.75, 3.05) is 27.7 Å². The first kappa shape index (κ1) is 22.7. The monoisotopic (exact) mass is 426 g/mol. The summed E-state index contributed by atoms with van der Waals surface area (Å²) in [6.07, 6.45) is 2.79. The second-order valence-corrected chi connectivity index (χ2v) is 8.30. The summed E-state index contributed by atoms with van der Waals surface area (Å²) in [5.41, 5.74) is 1.92. The summed E-state index contributed by atoms with van der Waals surface area (Å²) in [5.74, 6) is -0.509. The Kier molecular flexibility index (Phi) is 7.63. The highest BCUT2D eigenvalue weighted by Gasteiger charge is 2.33. The van der Waals surface area contributed by atoms with E-state index < -0.39 is 11.7 Å². The Balaban J connectivity index is 1.58. The van der Waals surface area contributed by atoms with E-state index in [0.29, 0.717) is 18.9 Å². The minimum Gasteiger partial charge on any atom is -0.355 e. The molecular formula is C24H31FN4O2. The number of rotatable bonds is 9. The molecule has 1 unspecified atom stereocenters. The Morgan fingerprint density at radius 1 is 1.13 bits per heavy atom. The number of hydrogen-bond donors (Lipinski definition) is 3. The lowest BCUT2D eigenvalue weighted by Crippen LogP contribution is -2.46. The summed E-state index contributed by atoms with van der Waals surface area (Å²) in [7, 11) is 5.33. The molecule has 7 heteroatoms. The minimum absolute atomic E-state index is 0.0189. The Hall–Kier alpha value is -2.93. The molecule has 0 spiro atoms. The van der Waals surface area contributed by atoms with Crippen molar-refractivity contribution in [3.8, 4) is 0 Å². The van der Waals surface area contributed by atoms with Gasteiger partial charge in [0.2, 0.25) is 0 Å². The Labute approximate surface area is 183 Å². The fraction of sp³-hybridized carbons (Fsp3) is 0.417. The van der Waals surface area contributed by atoms with E-state index in [2.05, 4.69) is 16.0 Å². The van der Waals surface area contributed by atoms with Crippen LogP contribution in [0.1, 0.15) is 40.4 Å². The van der Waals surface area contributed by atoms with Crippen molar-refractivity contribution >= 4 is 11.9 Å². The molecule has 0 radical (unpaired) electrons. The van der Waals surface area contributed by atoms with E-state index in [9.17, 15) is 14.0 Å². The number of hydrogen-bond acceptors (Lipinski definition) is 3. The Bertz CT molecular complexity index is 900. The number of carbonyl (C=O) groups excluding carboxylic acids is 2. The van der Waals surface area contributed by atoms with Crippen molar-refractivity contribution in [3.05, 3.63) is 71.0 Å². The number of urea groups is 1. The van der Waals surface area contributed by atoms with Crippen LogP contribution in [0.15, 0.2) is 48.5 Å². The number of nitrogens with zero attached hydrogens (tertiary/aromatic N) is 1. The first-order valence-electron chi connectivity index (χ1n) is 10.6. The van der Waals surface area contributed by atoms with Crippen LogP contribution in [0, 0.1) is 11.7 Å². The maximum absolute atomic E-state index is 14.3. The van der Waals surface area contributed by atoms with Gasteiger partial charge in [0.25, 0.3) is 5.91 Å². The van der Waals surface area contributed by atoms with Crippen LogP contribution in [0.4, 0.5) is 9.18 Å². The maximum atomic E-state index is 14.3. The zero-order chi connectivity index (χ0) is 22.4. The predicted octanol–water partition coefficient (Wildman–Crippen LogP) is 3.11. The second-order valence-electron chi connectivity index (χ2n) is 8.30. The van der Waals surface area contributed by atoms with Crippen molar-refractivity contribution in [2.45, 2.75) is 31.3 Å². The van der Waals surface area contributed by atoms with Crippen molar-refractivity contribution in [3.63, 3.8) is 0 Å². The van der Waals surface area contributed by atoms with Crippen molar-refractivity contribution in [1.82, 2.24) is 20.9 Å². The molecule has 0 heterocycles. The van der Waals surface area contributed by atoms with Gasteiger partial charge in [-0.25, -0.2) is 9.18 Å². The van der Waals surface area contributed by atoms with Gasteiger partial charge in [0.1, 0.15) is 5.82 Å². The van der Waals surface area contributed by atoms with Gasteiger partial charge in [0.15, 0.2) is 0 Å². The summed E-state index contributed by atoms with van der Waals surface area (Å²) < 4.78 is 14.3. The van der Waals surface area contributed by atoms with Crippen LogP contribution in [0.2, 0.25) is 0 Å². The van der Waals surface area contributed by atoms with Gasteiger partial charge in [-0.05, 0) is 62.5 Å². The van der Waals surface area contributed by atoms with E-state index >= 15 is 0 Å². The van der Waals surface area contributed by atoms with E-state index in [0.717, 1.165) is 24.0 Å². The van der Waals surface area contributed by atoms with Crippen LogP contribution in [0.25, 0.3) is 0 Å². The lowest BCUT2D eigenvalue weighted by Gasteiger charge is -2.26. The zero-order valence-electron chi connectivity index (χ0n) is 18.3. The highest BCUT2D eigenvalue weighted by molar-refractivity contribution is 5.94. The molecule has 3 N–H and O–H groups in total. The molecule has 166 valence electrons. The smallest absolute Gasteiger partial charge is 0.315 e. The van der Waals surface area contributed by atoms with Crippen LogP contribution in [0.3, 0.4) is 0 Å². The van der Waals surface area contributed by atoms with Gasteiger partial charge in [-0.1, -0.05) is 36.4 Å². The zero-order valence-corrected chi connectivity index (χ0v) is 18.3. The fourth-order valence-electron chi connectivity index (χ4n) is 3.68. The van der Waals surface area contributed by atoms with Gasteiger partial charge < -0.3 is 20.9 Å². The molecule has 2 atom stereocenters. The molecule has 2 aromatic rings. The van der Waals surface area contributed by atoms with Crippen LogP contribution < -0.4 is 16.0 Å². The van der Waals surface area contributed by atoms with E-state index in [1.54, 1.807) is 6.07 Å². The Morgan fingerprint density at radius 3 is 2.42 bits per heavy atom. The molecule has 0 aromatic heterocycles. The number of carbonyl (C=O) groups is 2. The number of amides is 3. The van der Waals surface area contributed by atoms with Crippen LogP contribution >= 0.6 is 0 Å². The highest BCUT2D eigenvalue weighted by Crippen LogP contribution is 2.40. The van der Waals surface area contributed by atoms with Gasteiger partial charge in [0.05, 0.1) is 11.6 Å². The van der Waals surface area contributed by atoms with E-state index in [1.807, 2.05) is 49.3 Å². The molecule has 1 saturated carbocycles. The van der Waals surface area contributed by atoms with Gasteiger partial charge in [-0.3, -0.25) is 4.79 Å². The molecule has 3 rings (SSSR count). The molecule has 0 saturated heterocycles. The third-order valence-corrected chi connectivity index (χ3v) is 5.74. The summed E-state index contributed by atoms with van der Waals surface area (Å²) in [5, 5.41) is 8.52. The van der Waals surface area contributed by atoms with Crippen LogP contribution in [-0.2, 0) is 6.42 Å². The van der Waals surface area contributed by atoms with E-state index in [-0.39, 0.29) is 23.7 Å². The molecule has 0 bridgehead atoms. The van der Waals surface area contributed by atoms with Crippen molar-refractivity contribution in [2.24, 2.45) is 5.92 Å². The normalized spacial score (nSPS) is 15.3. The SMILES string of the molecule is CNC(=O)c1ccc(CC(CNC(=O)N[C@H](c2ccccc2)C2CC2)N(C)C)cc1F. The number of halogens is 1. The third kappa shape index (κ3) is 6.28. The van der Waals surface area contributed by atoms with Crippen LogP contribution in [-0.4, -0.2) is 50.6 Å². The molecule has 3 amide bonds. The number of likely N-dealkylation sites (N-methyl/N-ethyl adjacent to an activating group) is 1. The molecule has 6 nitrogen and oxygen atoms in total. The molecule has 31 heavy (non-hydrogen) atoms. The first-order chi connectivity index (χ1) is 14.9. The Morgan fingerprint density at radius 2 is 1.84 bits per heavy atom. The second kappa shape index (κ2) is 10.4. The molecule has 1 fully saturated rings. The first-order valence-corrected chi connectivity index (χ1v) is 10.6. The van der Waals surface area contributed by atoms with Gasteiger partial charge in [-0.15, -0.1) is 0 Å². The third-order valence-electron chi connectivity index (χ3n) is 5.74. The minimum atomic E-state index is -0.546. The van der Waals surface area contributed by atoms with Gasteiger partial charge >= 0.3 is 6.03 Å². The summed E-state index contributed by atoms with van der Waals surface area (Å²) >= 11 is 0. The number of nitrogens with one attached hydrogen (secondary N) is 3. The lowest BCUT2D eigenvalue weighted by molar-refractivity contribution is 0.0959. The largest absolute Gasteiger partial charge is 0.355 e. The van der Waals surface area contributed by atoms with E-state index in [1.165, 1.54) is 19.2 Å². The maximum Gasteiger partial charge on any atom is 0.315 e. The topological polar surface area (TPSA) is 73.5 Å². The number of benzene rings is 2.